The Morgan fingerprint density at radius 3 is 1.80 bits per heavy atom. The zero-order chi connectivity index (χ0) is 11.4. The number of carboxylic acids is 1. The Morgan fingerprint density at radius 1 is 1.27 bits per heavy atom. The quantitative estimate of drug-likeness (QED) is 0.562. The lowest BCUT2D eigenvalue weighted by molar-refractivity contribution is -0.144. The second-order valence-corrected chi connectivity index (χ2v) is 4.39. The molecule has 0 saturated heterocycles. The average molecular weight is 210 g/mol. The van der Waals surface area contributed by atoms with Gasteiger partial charge in [-0.3, -0.25) is 9.59 Å². The average Bonchev–Trinajstić information content (AvgIpc) is 2.80. The minimum absolute atomic E-state index is 0.308. The van der Waals surface area contributed by atoms with Gasteiger partial charge in [0.15, 0.2) is 0 Å². The van der Waals surface area contributed by atoms with Crippen LogP contribution >= 0.6 is 0 Å². The van der Waals surface area contributed by atoms with E-state index in [2.05, 4.69) is 12.2 Å². The van der Waals surface area contributed by atoms with Gasteiger partial charge in [-0.05, 0) is 44.9 Å². The van der Waals surface area contributed by atoms with E-state index in [1.807, 2.05) is 0 Å². The molecule has 0 heterocycles. The summed E-state index contributed by atoms with van der Waals surface area (Å²) < 4.78 is 0. The molecule has 0 aromatic carbocycles. The third-order valence-corrected chi connectivity index (χ3v) is 3.15. The van der Waals surface area contributed by atoms with Crippen molar-refractivity contribution < 1.29 is 14.7 Å². The zero-order valence-electron chi connectivity index (χ0n) is 9.27. The molecule has 0 aromatic heterocycles. The minimum atomic E-state index is -1.06. The van der Waals surface area contributed by atoms with Crippen molar-refractivity contribution in [3.63, 3.8) is 0 Å². The Morgan fingerprint density at radius 2 is 1.73 bits per heavy atom. The van der Waals surface area contributed by atoms with Crippen LogP contribution in [0.4, 0.5) is 0 Å². The van der Waals surface area contributed by atoms with Gasteiger partial charge >= 0.3 is 5.97 Å². The summed E-state index contributed by atoms with van der Waals surface area (Å²) in [5.74, 6) is -0.236. The fourth-order valence-corrected chi connectivity index (χ4v) is 1.89. The molecule has 3 nitrogen and oxygen atoms in total. The van der Waals surface area contributed by atoms with Gasteiger partial charge in [-0.2, -0.15) is 0 Å². The van der Waals surface area contributed by atoms with Crippen LogP contribution in [0.2, 0.25) is 0 Å². The fourth-order valence-electron chi connectivity index (χ4n) is 1.89. The normalized spacial score (nSPS) is 28.1. The summed E-state index contributed by atoms with van der Waals surface area (Å²) in [6.07, 6.45) is 9.19. The van der Waals surface area contributed by atoms with E-state index in [1.54, 1.807) is 0 Å². The van der Waals surface area contributed by atoms with Crippen LogP contribution in [0.5, 0.6) is 0 Å². The highest BCUT2D eigenvalue weighted by Crippen LogP contribution is 2.38. The van der Waals surface area contributed by atoms with Crippen LogP contribution in [0.15, 0.2) is 12.2 Å². The predicted octanol–water partition coefficient (Wildman–Crippen LogP) is 2.27. The zero-order valence-corrected chi connectivity index (χ0v) is 9.27. The number of hydrogen-bond acceptors (Lipinski definition) is 2. The van der Waals surface area contributed by atoms with Crippen LogP contribution in [0.1, 0.15) is 33.1 Å². The molecule has 15 heavy (non-hydrogen) atoms. The van der Waals surface area contributed by atoms with E-state index in [0.29, 0.717) is 0 Å². The topological polar surface area (TPSA) is 54.4 Å². The van der Waals surface area contributed by atoms with Crippen LogP contribution in [0.25, 0.3) is 0 Å². The molecule has 1 N–H and O–H groups in total. The summed E-state index contributed by atoms with van der Waals surface area (Å²) in [7, 11) is 0. The smallest absolute Gasteiger partial charge is 0.313 e. The van der Waals surface area contributed by atoms with Gasteiger partial charge in [-0.15, -0.1) is 0 Å². The first-order chi connectivity index (χ1) is 7.00. The Balaban J connectivity index is 0.000000150. The third-order valence-electron chi connectivity index (χ3n) is 3.15. The van der Waals surface area contributed by atoms with Gasteiger partial charge in [0.05, 0.1) is 0 Å². The van der Waals surface area contributed by atoms with E-state index in [0.717, 1.165) is 11.8 Å². The number of Topliss-reactive ketones (excluding diaryl/α,β-unsaturated/α-hetero) is 1. The summed E-state index contributed by atoms with van der Waals surface area (Å²) in [6.45, 7) is 2.63. The lowest BCUT2D eigenvalue weighted by Crippen LogP contribution is -2.16. The molecule has 0 radical (unpaired) electrons. The third kappa shape index (κ3) is 3.50. The number of rotatable bonds is 2. The number of carbonyl (C=O) groups excluding carboxylic acids is 1. The Bertz CT molecular complexity index is 255. The first-order valence-corrected chi connectivity index (χ1v) is 5.42. The van der Waals surface area contributed by atoms with Crippen molar-refractivity contribution in [1.29, 1.82) is 0 Å². The number of hydrogen-bond donors (Lipinski definition) is 1. The summed E-state index contributed by atoms with van der Waals surface area (Å²) in [5, 5.41) is 8.13. The molecule has 2 rings (SSSR count). The first kappa shape index (κ1) is 12.0. The number of fused-ring (bicyclic) bond motifs is 2. The van der Waals surface area contributed by atoms with Crippen molar-refractivity contribution in [2.45, 2.75) is 33.1 Å². The van der Waals surface area contributed by atoms with E-state index in [-0.39, 0.29) is 5.78 Å². The van der Waals surface area contributed by atoms with E-state index in [1.165, 1.54) is 33.1 Å². The summed E-state index contributed by atoms with van der Waals surface area (Å²) in [6, 6.07) is 0. The highest BCUT2D eigenvalue weighted by molar-refractivity contribution is 5.96. The van der Waals surface area contributed by atoms with E-state index >= 15 is 0 Å². The molecular weight excluding hydrogens is 192 g/mol. The molecule has 0 spiro atoms. The molecule has 0 aliphatic heterocycles. The van der Waals surface area contributed by atoms with E-state index < -0.39 is 11.9 Å². The number of carboxylic acid groups (broad SMARTS) is 1. The van der Waals surface area contributed by atoms with Crippen LogP contribution < -0.4 is 0 Å². The second kappa shape index (κ2) is 5.10. The molecule has 0 aromatic rings. The maximum Gasteiger partial charge on any atom is 0.313 e. The van der Waals surface area contributed by atoms with Crippen molar-refractivity contribution >= 4 is 11.8 Å². The molecule has 1 saturated carbocycles. The maximum absolute atomic E-state index is 10.2. The maximum atomic E-state index is 10.2. The number of allylic oxidation sites excluding steroid dienone is 2. The van der Waals surface area contributed by atoms with E-state index in [4.69, 9.17) is 5.11 Å². The van der Waals surface area contributed by atoms with Gasteiger partial charge in [0.25, 0.3) is 0 Å². The van der Waals surface area contributed by atoms with Crippen LogP contribution in [-0.2, 0) is 9.59 Å². The highest BCUT2D eigenvalue weighted by atomic mass is 16.4. The van der Waals surface area contributed by atoms with Gasteiger partial charge in [-0.1, -0.05) is 12.2 Å². The standard InChI is InChI=1S/C7H10.C5H8O3/c1-2-7-4-3-6(1)5-7;1-3(4(2)6)5(7)8/h1-2,6-7H,3-5H2;3H,1-2H3,(H,7,8). The molecular formula is C12H18O3. The summed E-state index contributed by atoms with van der Waals surface area (Å²) >= 11 is 0. The minimum Gasteiger partial charge on any atom is -0.481 e. The van der Waals surface area contributed by atoms with Gasteiger partial charge in [0.2, 0.25) is 0 Å². The van der Waals surface area contributed by atoms with E-state index in [9.17, 15) is 9.59 Å². The second-order valence-electron chi connectivity index (χ2n) is 4.39. The number of ketones is 1. The number of aliphatic carboxylic acids is 1. The molecule has 2 bridgehead atoms. The fraction of sp³-hybridized carbons (Fsp3) is 0.667. The Hall–Kier alpha value is -1.12. The van der Waals surface area contributed by atoms with Crippen LogP contribution in [0, 0.1) is 17.8 Å². The first-order valence-electron chi connectivity index (χ1n) is 5.42. The van der Waals surface area contributed by atoms with Gasteiger partial charge in [0.1, 0.15) is 11.7 Å². The summed E-state index contributed by atoms with van der Waals surface area (Å²) in [5.41, 5.74) is 0. The van der Waals surface area contributed by atoms with Crippen LogP contribution in [-0.4, -0.2) is 16.9 Å². The molecule has 3 atom stereocenters. The Labute approximate surface area is 90.2 Å². The molecule has 3 heteroatoms. The van der Waals surface area contributed by atoms with Gasteiger partial charge in [-0.25, -0.2) is 0 Å². The van der Waals surface area contributed by atoms with Gasteiger partial charge < -0.3 is 5.11 Å². The summed E-state index contributed by atoms with van der Waals surface area (Å²) in [4.78, 5) is 20.1. The lowest BCUT2D eigenvalue weighted by Gasteiger charge is -1.96. The van der Waals surface area contributed by atoms with Crippen molar-refractivity contribution in [2.24, 2.45) is 17.8 Å². The highest BCUT2D eigenvalue weighted by Gasteiger charge is 2.25. The Kier molecular flexibility index (Phi) is 4.06. The molecule has 84 valence electrons. The van der Waals surface area contributed by atoms with Crippen molar-refractivity contribution in [3.05, 3.63) is 12.2 Å². The largest absolute Gasteiger partial charge is 0.481 e. The molecule has 2 aliphatic carbocycles. The lowest BCUT2D eigenvalue weighted by atomic mass is 10.1. The molecule has 1 fully saturated rings. The van der Waals surface area contributed by atoms with Gasteiger partial charge in [0, 0.05) is 0 Å². The van der Waals surface area contributed by atoms with Crippen molar-refractivity contribution in [2.75, 3.05) is 0 Å². The van der Waals surface area contributed by atoms with Crippen LogP contribution in [0.3, 0.4) is 0 Å². The van der Waals surface area contributed by atoms with Crippen molar-refractivity contribution in [3.8, 4) is 0 Å². The molecule has 2 aliphatic rings. The predicted molar refractivity (Wildman–Crippen MR) is 57.5 cm³/mol. The van der Waals surface area contributed by atoms with Crippen molar-refractivity contribution in [1.82, 2.24) is 0 Å². The molecule has 3 unspecified atom stereocenters. The number of carbonyl (C=O) groups is 2. The SMILES string of the molecule is C1=CC2CCC1C2.CC(=O)C(C)C(=O)O. The molecule has 0 amide bonds. The monoisotopic (exact) mass is 210 g/mol.